The number of benzene rings is 3. The first-order valence-electron chi connectivity index (χ1n) is 11.0. The zero-order chi connectivity index (χ0) is 25.8. The Balaban J connectivity index is 1.72. The van der Waals surface area contributed by atoms with Gasteiger partial charge in [0, 0.05) is 42.2 Å². The maximum atomic E-state index is 15.0. The smallest absolute Gasteiger partial charge is 0.335 e. The molecule has 0 spiro atoms. The lowest BCUT2D eigenvalue weighted by atomic mass is 9.84. The summed E-state index contributed by atoms with van der Waals surface area (Å²) in [5.41, 5.74) is 3.67. The third-order valence-electron chi connectivity index (χ3n) is 6.05. The number of aryl methyl sites for hydroxylation is 1. The Morgan fingerprint density at radius 3 is 2.14 bits per heavy atom. The fourth-order valence-corrected chi connectivity index (χ4v) is 4.24. The highest BCUT2D eigenvalue weighted by Crippen LogP contribution is 2.34. The van der Waals surface area contributed by atoms with Gasteiger partial charge in [-0.25, -0.2) is 9.18 Å². The number of hydrogen-bond donors (Lipinski definition) is 2. The number of nitrogens with zero attached hydrogens (tertiary/aromatic N) is 2. The molecule has 1 atom stereocenters. The Bertz CT molecular complexity index is 1500. The molecule has 1 unspecified atom stereocenters. The summed E-state index contributed by atoms with van der Waals surface area (Å²) in [4.78, 5) is 22.9. The van der Waals surface area contributed by atoms with Crippen LogP contribution in [0.4, 0.5) is 4.39 Å². The van der Waals surface area contributed by atoms with Gasteiger partial charge in [0.25, 0.3) is 0 Å². The van der Waals surface area contributed by atoms with Crippen LogP contribution in [-0.4, -0.2) is 26.6 Å². The van der Waals surface area contributed by atoms with E-state index < -0.39 is 17.7 Å². The number of rotatable bonds is 7. The quantitative estimate of drug-likeness (QED) is 0.185. The Morgan fingerprint density at radius 1 is 0.972 bits per heavy atom. The second kappa shape index (κ2) is 10.6. The van der Waals surface area contributed by atoms with E-state index in [-0.39, 0.29) is 22.6 Å². The average molecular weight is 505 g/mol. The molecule has 0 amide bonds. The van der Waals surface area contributed by atoms with Crippen LogP contribution in [0, 0.1) is 5.82 Å². The highest BCUT2D eigenvalue weighted by atomic mass is 35.5. The van der Waals surface area contributed by atoms with Crippen molar-refractivity contribution in [3.63, 3.8) is 0 Å². The molecule has 0 aliphatic heterocycles. The third-order valence-corrected chi connectivity index (χ3v) is 6.29. The van der Waals surface area contributed by atoms with Crippen LogP contribution in [0.3, 0.4) is 0 Å². The number of oxime groups is 1. The molecule has 8 heteroatoms. The summed E-state index contributed by atoms with van der Waals surface area (Å²) in [6.07, 6.45) is 1.72. The van der Waals surface area contributed by atoms with Gasteiger partial charge in [0.1, 0.15) is 5.82 Å². The van der Waals surface area contributed by atoms with E-state index in [1.165, 1.54) is 28.8 Å². The van der Waals surface area contributed by atoms with Crippen LogP contribution >= 0.6 is 11.6 Å². The van der Waals surface area contributed by atoms with Crippen molar-refractivity contribution in [2.24, 2.45) is 12.2 Å². The van der Waals surface area contributed by atoms with Crippen molar-refractivity contribution in [1.82, 2.24) is 4.57 Å². The number of hydrogen-bond acceptors (Lipinski definition) is 4. The third kappa shape index (κ3) is 5.37. The van der Waals surface area contributed by atoms with Crippen molar-refractivity contribution in [3.8, 4) is 11.1 Å². The molecule has 0 aliphatic carbocycles. The van der Waals surface area contributed by atoms with Crippen molar-refractivity contribution < 1.29 is 19.5 Å². The molecule has 0 saturated carbocycles. The normalized spacial score (nSPS) is 12.4. The molecule has 1 heterocycles. The first-order valence-corrected chi connectivity index (χ1v) is 11.4. The number of aromatic carboxylic acids is 1. The summed E-state index contributed by atoms with van der Waals surface area (Å²) in [6, 6.07) is 21.4. The van der Waals surface area contributed by atoms with E-state index in [4.69, 9.17) is 16.7 Å². The first kappa shape index (κ1) is 24.9. The first-order chi connectivity index (χ1) is 17.3. The average Bonchev–Trinajstić information content (AvgIpc) is 2.87. The summed E-state index contributed by atoms with van der Waals surface area (Å²) >= 11 is 5.98. The minimum atomic E-state index is -0.996. The van der Waals surface area contributed by atoms with Gasteiger partial charge < -0.3 is 14.9 Å². The highest BCUT2D eigenvalue weighted by molar-refractivity contribution is 6.30. The Kier molecular flexibility index (Phi) is 7.31. The molecule has 0 fully saturated rings. The van der Waals surface area contributed by atoms with Crippen molar-refractivity contribution in [3.05, 3.63) is 129 Å². The molecular formula is C28H22ClFN2O4. The van der Waals surface area contributed by atoms with Crippen LogP contribution in [0.2, 0.25) is 5.02 Å². The zero-order valence-corrected chi connectivity index (χ0v) is 20.0. The fraction of sp³-hybridized carbons (Fsp3) is 0.107. The van der Waals surface area contributed by atoms with E-state index in [2.05, 4.69) is 5.16 Å². The van der Waals surface area contributed by atoms with E-state index in [0.717, 1.165) is 16.7 Å². The summed E-state index contributed by atoms with van der Waals surface area (Å²) in [5, 5.41) is 22.6. The van der Waals surface area contributed by atoms with Gasteiger partial charge in [-0.05, 0) is 52.6 Å². The molecule has 1 aromatic heterocycles. The van der Waals surface area contributed by atoms with Crippen LogP contribution < -0.4 is 5.56 Å². The standard InChI is InChI=1S/C28H22ClFN2O4/c1-32-16-21(10-13-27(32)33)26(31-36)15-24(23-12-11-22(29)14-25(23)30)19-6-2-17(3-7-19)18-4-8-20(9-5-18)28(34)35/h2-14,16,24,36H,15H2,1H3,(H,34,35)/b31-26-. The molecule has 0 radical (unpaired) electrons. The van der Waals surface area contributed by atoms with E-state index in [1.807, 2.05) is 24.3 Å². The molecule has 2 N–H and O–H groups in total. The largest absolute Gasteiger partial charge is 0.478 e. The van der Waals surface area contributed by atoms with Crippen molar-refractivity contribution in [2.45, 2.75) is 12.3 Å². The van der Waals surface area contributed by atoms with Gasteiger partial charge in [0.05, 0.1) is 11.3 Å². The Labute approximate surface area is 211 Å². The lowest BCUT2D eigenvalue weighted by Gasteiger charge is -2.20. The van der Waals surface area contributed by atoms with Gasteiger partial charge in [-0.3, -0.25) is 4.79 Å². The predicted molar refractivity (Wildman–Crippen MR) is 137 cm³/mol. The number of halogens is 2. The summed E-state index contributed by atoms with van der Waals surface area (Å²) < 4.78 is 16.4. The van der Waals surface area contributed by atoms with Crippen LogP contribution in [-0.2, 0) is 7.05 Å². The zero-order valence-electron chi connectivity index (χ0n) is 19.2. The molecule has 182 valence electrons. The molecule has 0 bridgehead atoms. The molecule has 4 rings (SSSR count). The van der Waals surface area contributed by atoms with E-state index >= 15 is 4.39 Å². The molecule has 36 heavy (non-hydrogen) atoms. The lowest BCUT2D eigenvalue weighted by Crippen LogP contribution is -2.18. The van der Waals surface area contributed by atoms with Crippen molar-refractivity contribution in [1.29, 1.82) is 0 Å². The topological polar surface area (TPSA) is 91.9 Å². The molecule has 3 aromatic carbocycles. The van der Waals surface area contributed by atoms with Crippen molar-refractivity contribution in [2.75, 3.05) is 0 Å². The molecular weight excluding hydrogens is 483 g/mol. The van der Waals surface area contributed by atoms with E-state index in [9.17, 15) is 14.8 Å². The van der Waals surface area contributed by atoms with Crippen LogP contribution in [0.15, 0.2) is 95.0 Å². The summed E-state index contributed by atoms with van der Waals surface area (Å²) in [5.74, 6) is -2.00. The van der Waals surface area contributed by atoms with Gasteiger partial charge in [0.2, 0.25) is 5.56 Å². The minimum absolute atomic E-state index is 0.153. The second-order valence-corrected chi connectivity index (χ2v) is 8.78. The number of pyridine rings is 1. The van der Waals surface area contributed by atoms with Gasteiger partial charge in [-0.1, -0.05) is 59.2 Å². The molecule has 0 aliphatic rings. The minimum Gasteiger partial charge on any atom is -0.478 e. The van der Waals surface area contributed by atoms with Gasteiger partial charge >= 0.3 is 5.97 Å². The maximum absolute atomic E-state index is 15.0. The summed E-state index contributed by atoms with van der Waals surface area (Å²) in [6.45, 7) is 0. The van der Waals surface area contributed by atoms with Gasteiger partial charge in [-0.2, -0.15) is 0 Å². The predicted octanol–water partition coefficient (Wildman–Crippen LogP) is 5.94. The monoisotopic (exact) mass is 504 g/mol. The SMILES string of the molecule is Cn1cc(/C(CC(c2ccc(-c3ccc(C(=O)O)cc3)cc2)c2ccc(Cl)cc2F)=N\O)ccc1=O. The number of carboxylic acid groups (broad SMARTS) is 1. The van der Waals surface area contributed by atoms with Crippen molar-refractivity contribution >= 4 is 23.3 Å². The maximum Gasteiger partial charge on any atom is 0.335 e. The van der Waals surface area contributed by atoms with E-state index in [0.29, 0.717) is 16.8 Å². The fourth-order valence-electron chi connectivity index (χ4n) is 4.08. The van der Waals surface area contributed by atoms with Crippen LogP contribution in [0.5, 0.6) is 0 Å². The number of aromatic nitrogens is 1. The Morgan fingerprint density at radius 2 is 1.58 bits per heavy atom. The molecule has 6 nitrogen and oxygen atoms in total. The van der Waals surface area contributed by atoms with Crippen LogP contribution in [0.1, 0.15) is 39.4 Å². The number of carboxylic acids is 1. The van der Waals surface area contributed by atoms with Gasteiger partial charge in [0.15, 0.2) is 0 Å². The van der Waals surface area contributed by atoms with Gasteiger partial charge in [-0.15, -0.1) is 0 Å². The molecule has 0 saturated heterocycles. The number of carbonyl (C=O) groups is 1. The second-order valence-electron chi connectivity index (χ2n) is 8.34. The summed E-state index contributed by atoms with van der Waals surface area (Å²) in [7, 11) is 1.60. The lowest BCUT2D eigenvalue weighted by molar-refractivity contribution is 0.0697. The highest BCUT2D eigenvalue weighted by Gasteiger charge is 2.22. The molecule has 4 aromatic rings. The van der Waals surface area contributed by atoms with Crippen LogP contribution in [0.25, 0.3) is 11.1 Å². The van der Waals surface area contributed by atoms with E-state index in [1.54, 1.807) is 43.6 Å². The Hall–Kier alpha value is -4.23.